The summed E-state index contributed by atoms with van der Waals surface area (Å²) in [5, 5.41) is 15.7. The van der Waals surface area contributed by atoms with Crippen LogP contribution >= 0.6 is 0 Å². The fraction of sp³-hybridized carbons (Fsp3) is 0.462. The third-order valence-corrected chi connectivity index (χ3v) is 22.3. The van der Waals surface area contributed by atoms with Gasteiger partial charge in [0.2, 0.25) is 0 Å². The Labute approximate surface area is 353 Å². The normalized spacial score (nSPS) is 19.9. The minimum Gasteiger partial charge on any atom is -0.404 e. The van der Waals surface area contributed by atoms with Gasteiger partial charge in [-0.15, -0.1) is 0 Å². The van der Waals surface area contributed by atoms with E-state index in [0.717, 1.165) is 32.1 Å². The van der Waals surface area contributed by atoms with Crippen molar-refractivity contribution in [2.75, 3.05) is 13.2 Å². The lowest BCUT2D eigenvalue weighted by atomic mass is 9.87. The van der Waals surface area contributed by atoms with Crippen molar-refractivity contribution in [1.82, 2.24) is 0 Å². The van der Waals surface area contributed by atoms with Gasteiger partial charge in [-0.3, -0.25) is 0 Å². The predicted molar refractivity (Wildman–Crippen MR) is 249 cm³/mol. The third-order valence-electron chi connectivity index (χ3n) is 12.2. The molecular weight excluding hydrogens is 745 g/mol. The lowest BCUT2D eigenvalue weighted by molar-refractivity contribution is -0.0981. The molecule has 4 atom stereocenters. The Morgan fingerprint density at radius 2 is 1.17 bits per heavy atom. The Balaban J connectivity index is 1.50. The summed E-state index contributed by atoms with van der Waals surface area (Å²) in [7, 11) is -5.59. The quantitative estimate of drug-likeness (QED) is 0.0783. The molecule has 1 heterocycles. The largest absolute Gasteiger partial charge is 0.404 e. The molecule has 6 heteroatoms. The number of benzene rings is 4. The molecule has 1 saturated heterocycles. The van der Waals surface area contributed by atoms with Crippen LogP contribution in [-0.2, 0) is 13.6 Å². The predicted octanol–water partition coefficient (Wildman–Crippen LogP) is 9.83. The zero-order valence-corrected chi connectivity index (χ0v) is 39.1. The van der Waals surface area contributed by atoms with Gasteiger partial charge in [-0.25, -0.2) is 0 Å². The molecule has 58 heavy (non-hydrogen) atoms. The van der Waals surface area contributed by atoms with Crippen molar-refractivity contribution in [3.8, 4) is 11.8 Å². The Morgan fingerprint density at radius 3 is 1.60 bits per heavy atom. The lowest BCUT2D eigenvalue weighted by Crippen LogP contribution is -2.69. The van der Waals surface area contributed by atoms with Gasteiger partial charge < -0.3 is 18.7 Å². The Hall–Kier alpha value is -3.55. The van der Waals surface area contributed by atoms with Crippen molar-refractivity contribution in [2.24, 2.45) is 11.8 Å². The van der Waals surface area contributed by atoms with E-state index in [1.807, 2.05) is 0 Å². The van der Waals surface area contributed by atoms with Gasteiger partial charge in [0.05, 0.1) is 24.9 Å². The van der Waals surface area contributed by atoms with Crippen molar-refractivity contribution in [3.63, 3.8) is 0 Å². The zero-order valence-electron chi connectivity index (χ0n) is 37.1. The summed E-state index contributed by atoms with van der Waals surface area (Å²) in [6.07, 6.45) is 5.77. The summed E-state index contributed by atoms with van der Waals surface area (Å²) < 4.78 is 22.4. The molecule has 0 radical (unpaired) electrons. The van der Waals surface area contributed by atoms with E-state index in [1.165, 1.54) is 26.3 Å². The van der Waals surface area contributed by atoms with Crippen LogP contribution in [-0.4, -0.2) is 52.8 Å². The van der Waals surface area contributed by atoms with Crippen molar-refractivity contribution in [2.45, 2.75) is 129 Å². The highest BCUT2D eigenvalue weighted by Crippen LogP contribution is 2.43. The van der Waals surface area contributed by atoms with E-state index in [2.05, 4.69) is 208 Å². The summed E-state index contributed by atoms with van der Waals surface area (Å²) in [6.45, 7) is 23.6. The first-order chi connectivity index (χ1) is 27.5. The molecule has 5 rings (SSSR count). The van der Waals surface area contributed by atoms with Gasteiger partial charge in [-0.05, 0) is 74.9 Å². The molecule has 0 aromatic heterocycles. The van der Waals surface area contributed by atoms with Gasteiger partial charge >= 0.3 is 0 Å². The topological polar surface area (TPSA) is 47.9 Å². The molecule has 2 unspecified atom stereocenters. The van der Waals surface area contributed by atoms with E-state index >= 15 is 0 Å². The molecule has 4 aromatic carbocycles. The number of rotatable bonds is 14. The van der Waals surface area contributed by atoms with Crippen LogP contribution in [0.5, 0.6) is 0 Å². The van der Waals surface area contributed by atoms with Crippen LogP contribution in [0.1, 0.15) is 101 Å². The molecule has 1 aliphatic heterocycles. The van der Waals surface area contributed by atoms with Crippen LogP contribution in [0.15, 0.2) is 133 Å². The average Bonchev–Trinajstić information content (AvgIpc) is 3.35. The van der Waals surface area contributed by atoms with E-state index in [9.17, 15) is 5.11 Å². The van der Waals surface area contributed by atoms with E-state index < -0.39 is 28.3 Å². The molecule has 4 nitrogen and oxygen atoms in total. The van der Waals surface area contributed by atoms with E-state index in [1.54, 1.807) is 0 Å². The smallest absolute Gasteiger partial charge is 0.261 e. The van der Waals surface area contributed by atoms with Gasteiger partial charge in [-0.1, -0.05) is 208 Å². The lowest BCUT2D eigenvalue weighted by Gasteiger charge is -2.48. The summed E-state index contributed by atoms with van der Waals surface area (Å²) in [5.74, 6) is 6.54. The molecule has 1 aliphatic rings. The Kier molecular flexibility index (Phi) is 15.4. The number of hydrogen-bond acceptors (Lipinski definition) is 4. The maximum absolute atomic E-state index is 10.9. The molecule has 0 aliphatic carbocycles. The highest BCUT2D eigenvalue weighted by Gasteiger charge is 2.54. The molecule has 1 N–H and O–H groups in total. The minimum atomic E-state index is -2.89. The maximum Gasteiger partial charge on any atom is 0.261 e. The van der Waals surface area contributed by atoms with Crippen molar-refractivity contribution < 1.29 is 18.7 Å². The fourth-order valence-corrected chi connectivity index (χ4v) is 18.2. The molecule has 0 bridgehead atoms. The summed E-state index contributed by atoms with van der Waals surface area (Å²) in [6, 6.07) is 43.6. The molecule has 0 saturated carbocycles. The van der Waals surface area contributed by atoms with Gasteiger partial charge in [0.25, 0.3) is 16.6 Å². The van der Waals surface area contributed by atoms with Crippen molar-refractivity contribution >= 4 is 37.4 Å². The first-order valence-electron chi connectivity index (χ1n) is 21.6. The second-order valence-corrected chi connectivity index (χ2v) is 27.6. The molecule has 0 amide bonds. The fourth-order valence-electron chi connectivity index (χ4n) is 8.90. The molecule has 4 aromatic rings. The van der Waals surface area contributed by atoms with Crippen molar-refractivity contribution in [3.05, 3.63) is 133 Å². The van der Waals surface area contributed by atoms with Gasteiger partial charge in [0.15, 0.2) is 0 Å². The number of ether oxygens (including phenoxy) is 1. The maximum atomic E-state index is 10.9. The first kappa shape index (κ1) is 45.5. The molecular formula is C52H70O4Si2. The highest BCUT2D eigenvalue weighted by atomic mass is 28.4. The van der Waals surface area contributed by atoms with Crippen LogP contribution in [0.25, 0.3) is 0 Å². The SMILES string of the molecule is CC(C)C#CC(O)C(C)CCC[C@]1(C)OCC(=CCO[Si](c2ccccc2)(c2ccccc2)C(C)(C)C)CC[C@@H]1O[Si](c1ccccc1)(c1ccccc1)C(C)(C)C. The van der Waals surface area contributed by atoms with Crippen molar-refractivity contribution in [1.29, 1.82) is 0 Å². The van der Waals surface area contributed by atoms with Gasteiger partial charge in [0, 0.05) is 5.92 Å². The van der Waals surface area contributed by atoms with E-state index in [4.69, 9.17) is 13.6 Å². The zero-order chi connectivity index (χ0) is 42.0. The van der Waals surface area contributed by atoms with Crippen LogP contribution in [0.2, 0.25) is 10.1 Å². The Bertz CT molecular complexity index is 1860. The highest BCUT2D eigenvalue weighted by molar-refractivity contribution is 7.00. The summed E-state index contributed by atoms with van der Waals surface area (Å²) >= 11 is 0. The van der Waals surface area contributed by atoms with Gasteiger partial charge in [0.1, 0.15) is 6.10 Å². The van der Waals surface area contributed by atoms with Crippen LogP contribution in [0.3, 0.4) is 0 Å². The second kappa shape index (κ2) is 19.7. The van der Waals surface area contributed by atoms with Crippen LogP contribution < -0.4 is 20.7 Å². The Morgan fingerprint density at radius 1 is 0.724 bits per heavy atom. The molecule has 0 spiro atoms. The third kappa shape index (κ3) is 10.4. The number of aliphatic hydroxyl groups excluding tert-OH is 1. The molecule has 310 valence electrons. The molecule has 1 fully saturated rings. The summed E-state index contributed by atoms with van der Waals surface area (Å²) in [4.78, 5) is 0. The summed E-state index contributed by atoms with van der Waals surface area (Å²) in [5.41, 5.74) is 0.695. The van der Waals surface area contributed by atoms with Crippen LogP contribution in [0.4, 0.5) is 0 Å². The standard InChI is InChI=1S/C52H70O4Si2/c1-41(2)33-35-48(53)42(3)24-23-38-52(10)49(56-58(51(7,8)9,46-29-19-13-20-30-46)47-31-21-14-22-32-47)36-34-43(40-54-52)37-39-55-57(50(4,5)6,44-25-15-11-16-26-44)45-27-17-12-18-28-45/h11-22,25-32,37,41-42,48-49,53H,23-24,34,36,38-40H2,1-10H3/t42?,48?,49-,52-/m0/s1. The van der Waals surface area contributed by atoms with Crippen LogP contribution in [0, 0.1) is 23.7 Å². The van der Waals surface area contributed by atoms with Gasteiger partial charge in [-0.2, -0.15) is 0 Å². The first-order valence-corrected chi connectivity index (χ1v) is 25.4. The average molecular weight is 815 g/mol. The second-order valence-electron chi connectivity index (χ2n) is 19.0. The minimum absolute atomic E-state index is 0.0609. The monoisotopic (exact) mass is 814 g/mol. The number of hydrogen-bond donors (Lipinski definition) is 1. The number of aliphatic hydroxyl groups is 1. The van der Waals surface area contributed by atoms with E-state index in [0.29, 0.717) is 13.2 Å². The van der Waals surface area contributed by atoms with E-state index in [-0.39, 0.29) is 28.0 Å².